The largest absolute Gasteiger partial charge is 0.361 e. The smallest absolute Gasteiger partial charge is 0.255 e. The SMILES string of the molecule is O=C(Nc1ccc2c(c1)CCN(C1CCC1)CC2)c1ccc2[nH]ccc2c1. The zero-order valence-electron chi connectivity index (χ0n) is 15.5. The Hall–Kier alpha value is -2.59. The maximum Gasteiger partial charge on any atom is 0.255 e. The highest BCUT2D eigenvalue weighted by molar-refractivity contribution is 6.06. The number of fused-ring (bicyclic) bond motifs is 2. The van der Waals surface area contributed by atoms with E-state index in [9.17, 15) is 4.79 Å². The average Bonchev–Trinajstić information content (AvgIpc) is 3.01. The molecule has 0 unspecified atom stereocenters. The predicted molar refractivity (Wildman–Crippen MR) is 109 cm³/mol. The number of hydrogen-bond acceptors (Lipinski definition) is 2. The molecule has 1 saturated carbocycles. The second-order valence-corrected chi connectivity index (χ2v) is 7.84. The van der Waals surface area contributed by atoms with E-state index >= 15 is 0 Å². The minimum Gasteiger partial charge on any atom is -0.361 e. The minimum absolute atomic E-state index is 0.0530. The molecule has 0 saturated heterocycles. The van der Waals surface area contributed by atoms with Gasteiger partial charge in [-0.3, -0.25) is 9.69 Å². The number of aromatic nitrogens is 1. The van der Waals surface area contributed by atoms with Gasteiger partial charge in [0.15, 0.2) is 0 Å². The molecule has 2 N–H and O–H groups in total. The second-order valence-electron chi connectivity index (χ2n) is 7.84. The van der Waals surface area contributed by atoms with Gasteiger partial charge in [0.2, 0.25) is 0 Å². The van der Waals surface area contributed by atoms with E-state index in [4.69, 9.17) is 0 Å². The van der Waals surface area contributed by atoms with Gasteiger partial charge in [0, 0.05) is 47.5 Å². The van der Waals surface area contributed by atoms with E-state index < -0.39 is 0 Å². The van der Waals surface area contributed by atoms with Crippen LogP contribution in [0, 0.1) is 0 Å². The number of H-pyrrole nitrogens is 1. The first kappa shape index (κ1) is 16.6. The summed E-state index contributed by atoms with van der Waals surface area (Å²) in [6, 6.07) is 15.0. The van der Waals surface area contributed by atoms with E-state index in [0.717, 1.165) is 42.0 Å². The van der Waals surface area contributed by atoms with Gasteiger partial charge in [0.05, 0.1) is 0 Å². The van der Waals surface area contributed by atoms with Crippen LogP contribution in [0.1, 0.15) is 40.7 Å². The summed E-state index contributed by atoms with van der Waals surface area (Å²) >= 11 is 0. The lowest BCUT2D eigenvalue weighted by Gasteiger charge is -2.36. The summed E-state index contributed by atoms with van der Waals surface area (Å²) in [6.45, 7) is 2.30. The Balaban J connectivity index is 1.31. The van der Waals surface area contributed by atoms with Gasteiger partial charge in [0.1, 0.15) is 0 Å². The normalized spacial score (nSPS) is 17.9. The summed E-state index contributed by atoms with van der Waals surface area (Å²) in [5.74, 6) is -0.0530. The van der Waals surface area contributed by atoms with Crippen molar-refractivity contribution in [2.24, 2.45) is 0 Å². The van der Waals surface area contributed by atoms with E-state index in [1.54, 1.807) is 0 Å². The third-order valence-electron chi connectivity index (χ3n) is 6.21. The number of carbonyl (C=O) groups excluding carboxylic acids is 1. The molecule has 2 heterocycles. The molecule has 0 atom stereocenters. The van der Waals surface area contributed by atoms with Crippen LogP contribution in [0.25, 0.3) is 10.9 Å². The lowest BCUT2D eigenvalue weighted by Crippen LogP contribution is -2.41. The molecule has 1 aromatic heterocycles. The summed E-state index contributed by atoms with van der Waals surface area (Å²) in [5.41, 5.74) is 5.45. The van der Waals surface area contributed by atoms with E-state index in [-0.39, 0.29) is 5.91 Å². The van der Waals surface area contributed by atoms with Crippen LogP contribution in [-0.2, 0) is 12.8 Å². The number of benzene rings is 2. The fraction of sp³-hybridized carbons (Fsp3) is 0.348. The van der Waals surface area contributed by atoms with Crippen molar-refractivity contribution in [3.05, 3.63) is 65.4 Å². The minimum atomic E-state index is -0.0530. The molecule has 2 aromatic carbocycles. The molecule has 4 nitrogen and oxygen atoms in total. The molecule has 0 bridgehead atoms. The van der Waals surface area contributed by atoms with Crippen LogP contribution in [0.4, 0.5) is 5.69 Å². The number of rotatable bonds is 3. The first-order valence-corrected chi connectivity index (χ1v) is 10.0. The van der Waals surface area contributed by atoms with Gasteiger partial charge < -0.3 is 10.3 Å². The number of anilines is 1. The zero-order chi connectivity index (χ0) is 18.2. The van der Waals surface area contributed by atoms with Crippen LogP contribution < -0.4 is 5.32 Å². The van der Waals surface area contributed by atoms with Crippen LogP contribution in [-0.4, -0.2) is 34.9 Å². The Morgan fingerprint density at radius 2 is 1.85 bits per heavy atom. The number of carbonyl (C=O) groups is 1. The third-order valence-corrected chi connectivity index (χ3v) is 6.21. The van der Waals surface area contributed by atoms with Crippen molar-refractivity contribution in [3.8, 4) is 0 Å². The lowest BCUT2D eigenvalue weighted by molar-refractivity contribution is 0.102. The molecule has 2 aliphatic rings. The molecule has 3 aromatic rings. The Morgan fingerprint density at radius 1 is 1.00 bits per heavy atom. The highest BCUT2D eigenvalue weighted by Gasteiger charge is 2.26. The Kier molecular flexibility index (Phi) is 4.21. The quantitative estimate of drug-likeness (QED) is 0.729. The van der Waals surface area contributed by atoms with Gasteiger partial charge in [0.25, 0.3) is 5.91 Å². The van der Waals surface area contributed by atoms with Gasteiger partial charge >= 0.3 is 0 Å². The van der Waals surface area contributed by atoms with Crippen molar-refractivity contribution in [3.63, 3.8) is 0 Å². The highest BCUT2D eigenvalue weighted by Crippen LogP contribution is 2.28. The van der Waals surface area contributed by atoms with Gasteiger partial charge in [-0.1, -0.05) is 12.5 Å². The predicted octanol–water partition coefficient (Wildman–Crippen LogP) is 4.37. The van der Waals surface area contributed by atoms with E-state index in [1.165, 1.54) is 36.9 Å². The molecule has 27 heavy (non-hydrogen) atoms. The highest BCUT2D eigenvalue weighted by atomic mass is 16.1. The van der Waals surface area contributed by atoms with Gasteiger partial charge in [-0.25, -0.2) is 0 Å². The summed E-state index contributed by atoms with van der Waals surface area (Å²) in [6.07, 6.45) is 8.20. The molecular weight excluding hydrogens is 334 g/mol. The van der Waals surface area contributed by atoms with Gasteiger partial charge in [-0.05, 0) is 73.2 Å². The fourth-order valence-corrected chi connectivity index (χ4v) is 4.34. The maximum atomic E-state index is 12.7. The van der Waals surface area contributed by atoms with Crippen LogP contribution in [0.5, 0.6) is 0 Å². The summed E-state index contributed by atoms with van der Waals surface area (Å²) in [4.78, 5) is 18.5. The molecule has 1 aliphatic heterocycles. The summed E-state index contributed by atoms with van der Waals surface area (Å²) < 4.78 is 0. The summed E-state index contributed by atoms with van der Waals surface area (Å²) in [5, 5.41) is 4.14. The van der Waals surface area contributed by atoms with E-state index in [2.05, 4.69) is 27.3 Å². The van der Waals surface area contributed by atoms with Crippen molar-refractivity contribution < 1.29 is 4.79 Å². The number of amides is 1. The maximum absolute atomic E-state index is 12.7. The molecule has 5 rings (SSSR count). The molecule has 1 amide bonds. The summed E-state index contributed by atoms with van der Waals surface area (Å²) in [7, 11) is 0. The molecule has 1 fully saturated rings. The lowest BCUT2D eigenvalue weighted by atomic mass is 9.91. The zero-order valence-corrected chi connectivity index (χ0v) is 15.5. The Labute approximate surface area is 159 Å². The number of aromatic amines is 1. The van der Waals surface area contributed by atoms with Crippen molar-refractivity contribution >= 4 is 22.5 Å². The Morgan fingerprint density at radius 3 is 2.67 bits per heavy atom. The Bertz CT molecular complexity index is 986. The topological polar surface area (TPSA) is 48.1 Å². The second kappa shape index (κ2) is 6.86. The van der Waals surface area contributed by atoms with Crippen LogP contribution in [0.15, 0.2) is 48.7 Å². The fourth-order valence-electron chi connectivity index (χ4n) is 4.34. The van der Waals surface area contributed by atoms with Gasteiger partial charge in [-0.2, -0.15) is 0 Å². The number of nitrogens with one attached hydrogen (secondary N) is 2. The van der Waals surface area contributed by atoms with E-state index in [1.807, 2.05) is 36.5 Å². The van der Waals surface area contributed by atoms with Crippen LogP contribution in [0.3, 0.4) is 0 Å². The standard InChI is InChI=1S/C23H25N3O/c27-23(19-5-7-22-18(14-19)8-11-24-22)25-20-6-4-16-9-12-26(21-2-1-3-21)13-10-17(16)15-20/h4-8,11,14-15,21,24H,1-3,9-10,12-13H2,(H,25,27). The first-order chi connectivity index (χ1) is 13.3. The average molecular weight is 359 g/mol. The molecule has 0 radical (unpaired) electrons. The number of hydrogen-bond donors (Lipinski definition) is 2. The third kappa shape index (κ3) is 3.26. The van der Waals surface area contributed by atoms with Gasteiger partial charge in [-0.15, -0.1) is 0 Å². The van der Waals surface area contributed by atoms with E-state index in [0.29, 0.717) is 5.56 Å². The monoisotopic (exact) mass is 359 g/mol. The van der Waals surface area contributed by atoms with Crippen molar-refractivity contribution in [2.45, 2.75) is 38.1 Å². The molecule has 0 spiro atoms. The van der Waals surface area contributed by atoms with Crippen molar-refractivity contribution in [1.29, 1.82) is 0 Å². The molecule has 4 heteroatoms. The van der Waals surface area contributed by atoms with Crippen LogP contribution >= 0.6 is 0 Å². The molecule has 1 aliphatic carbocycles. The number of nitrogens with zero attached hydrogens (tertiary/aromatic N) is 1. The molecule has 138 valence electrons. The molecular formula is C23H25N3O. The van der Waals surface area contributed by atoms with Crippen molar-refractivity contribution in [1.82, 2.24) is 9.88 Å². The first-order valence-electron chi connectivity index (χ1n) is 10.0. The van der Waals surface area contributed by atoms with Crippen molar-refractivity contribution in [2.75, 3.05) is 18.4 Å². The van der Waals surface area contributed by atoms with Crippen LogP contribution in [0.2, 0.25) is 0 Å².